The highest BCUT2D eigenvalue weighted by Gasteiger charge is 2.12. The molecule has 2 N–H and O–H groups in total. The van der Waals surface area contributed by atoms with Gasteiger partial charge in [-0.1, -0.05) is 23.4 Å². The van der Waals surface area contributed by atoms with Crippen LogP contribution in [0.4, 0.5) is 5.69 Å². The first-order valence-corrected chi connectivity index (χ1v) is 7.36. The molecule has 0 unspecified atom stereocenters. The Balaban J connectivity index is 1.76. The molecule has 6 heteroatoms. The van der Waals surface area contributed by atoms with Gasteiger partial charge in [0.15, 0.2) is 6.61 Å². The van der Waals surface area contributed by atoms with E-state index >= 15 is 0 Å². The molecule has 1 heterocycles. The number of nitrogens with zero attached hydrogens (tertiary/aromatic N) is 2. The van der Waals surface area contributed by atoms with Crippen molar-refractivity contribution in [1.82, 2.24) is 10.1 Å². The molecule has 2 aromatic carbocycles. The van der Waals surface area contributed by atoms with E-state index < -0.39 is 0 Å². The van der Waals surface area contributed by atoms with Gasteiger partial charge in [-0.3, -0.25) is 0 Å². The average Bonchev–Trinajstić information content (AvgIpc) is 2.97. The topological polar surface area (TPSA) is 74.2 Å². The number of para-hydroxylation sites is 1. The van der Waals surface area contributed by atoms with Crippen LogP contribution in [0.2, 0.25) is 0 Å². The third-order valence-electron chi connectivity index (χ3n) is 2.82. The van der Waals surface area contributed by atoms with E-state index in [9.17, 15) is 0 Å². The van der Waals surface area contributed by atoms with Gasteiger partial charge >= 0.3 is 0 Å². The Morgan fingerprint density at radius 3 is 2.76 bits per heavy atom. The van der Waals surface area contributed by atoms with Crippen LogP contribution < -0.4 is 10.5 Å². The van der Waals surface area contributed by atoms with E-state index in [1.54, 1.807) is 0 Å². The van der Waals surface area contributed by atoms with Crippen LogP contribution in [0.1, 0.15) is 5.82 Å². The molecule has 1 aromatic heterocycles. The number of ether oxygens (including phenoxy) is 1. The first kappa shape index (κ1) is 13.9. The molecule has 0 aliphatic carbocycles. The van der Waals surface area contributed by atoms with Gasteiger partial charge in [0, 0.05) is 9.26 Å². The van der Waals surface area contributed by atoms with Crippen LogP contribution >= 0.6 is 22.6 Å². The molecular formula is C15H12IN3O2. The number of hydrogen-bond donors (Lipinski definition) is 1. The molecule has 0 saturated heterocycles. The molecule has 0 aliphatic heterocycles. The standard InChI is InChI=1S/C15H12IN3O2/c16-10-6-7-13(17)12(8-10)15-18-14(19-21-15)9-20-11-4-2-1-3-5-11/h1-8H,9,17H2. The zero-order valence-electron chi connectivity index (χ0n) is 11.0. The summed E-state index contributed by atoms with van der Waals surface area (Å²) in [7, 11) is 0. The fourth-order valence-electron chi connectivity index (χ4n) is 1.80. The third kappa shape index (κ3) is 3.33. The molecule has 5 nitrogen and oxygen atoms in total. The largest absolute Gasteiger partial charge is 0.485 e. The van der Waals surface area contributed by atoms with E-state index in [1.165, 1.54) is 0 Å². The van der Waals surface area contributed by atoms with Gasteiger partial charge < -0.3 is 15.0 Å². The van der Waals surface area contributed by atoms with Crippen molar-refractivity contribution in [1.29, 1.82) is 0 Å². The summed E-state index contributed by atoms with van der Waals surface area (Å²) in [6.45, 7) is 0.247. The second-order valence-corrected chi connectivity index (χ2v) is 5.59. The van der Waals surface area contributed by atoms with Crippen LogP contribution in [0.5, 0.6) is 5.75 Å². The fraction of sp³-hybridized carbons (Fsp3) is 0.0667. The van der Waals surface area contributed by atoms with Crippen molar-refractivity contribution < 1.29 is 9.26 Å². The van der Waals surface area contributed by atoms with E-state index in [2.05, 4.69) is 32.7 Å². The van der Waals surface area contributed by atoms with Gasteiger partial charge in [-0.05, 0) is 52.9 Å². The lowest BCUT2D eigenvalue weighted by molar-refractivity contribution is 0.287. The number of rotatable bonds is 4. The van der Waals surface area contributed by atoms with Crippen molar-refractivity contribution in [2.24, 2.45) is 0 Å². The summed E-state index contributed by atoms with van der Waals surface area (Å²) in [6.07, 6.45) is 0. The van der Waals surface area contributed by atoms with Crippen molar-refractivity contribution in [3.63, 3.8) is 0 Å². The maximum Gasteiger partial charge on any atom is 0.260 e. The zero-order valence-corrected chi connectivity index (χ0v) is 13.1. The molecule has 0 fully saturated rings. The molecule has 0 aliphatic rings. The Morgan fingerprint density at radius 2 is 1.95 bits per heavy atom. The number of anilines is 1. The van der Waals surface area contributed by atoms with Gasteiger partial charge in [0.05, 0.1) is 5.56 Å². The number of halogens is 1. The number of nitrogen functional groups attached to an aromatic ring is 1. The van der Waals surface area contributed by atoms with E-state index in [1.807, 2.05) is 48.5 Å². The van der Waals surface area contributed by atoms with Crippen LogP contribution in [0.15, 0.2) is 53.1 Å². The van der Waals surface area contributed by atoms with Gasteiger partial charge in [0.1, 0.15) is 5.75 Å². The molecule has 3 aromatic rings. The van der Waals surface area contributed by atoms with Crippen LogP contribution in [0, 0.1) is 3.57 Å². The third-order valence-corrected chi connectivity index (χ3v) is 3.50. The summed E-state index contributed by atoms with van der Waals surface area (Å²) in [5, 5.41) is 3.91. The molecule has 0 spiro atoms. The molecule has 0 saturated carbocycles. The van der Waals surface area contributed by atoms with Crippen molar-refractivity contribution in [2.45, 2.75) is 6.61 Å². The normalized spacial score (nSPS) is 10.5. The van der Waals surface area contributed by atoms with Gasteiger partial charge in [-0.25, -0.2) is 0 Å². The Labute approximate surface area is 135 Å². The Morgan fingerprint density at radius 1 is 1.14 bits per heavy atom. The predicted octanol–water partition coefficient (Wildman–Crippen LogP) is 3.50. The summed E-state index contributed by atoms with van der Waals surface area (Å²) in [4.78, 5) is 4.31. The van der Waals surface area contributed by atoms with Crippen molar-refractivity contribution >= 4 is 28.3 Å². The van der Waals surface area contributed by atoms with Crippen molar-refractivity contribution in [3.8, 4) is 17.2 Å². The van der Waals surface area contributed by atoms with Crippen LogP contribution in [-0.2, 0) is 6.61 Å². The smallest absolute Gasteiger partial charge is 0.260 e. The molecule has 106 valence electrons. The second kappa shape index (κ2) is 6.13. The highest BCUT2D eigenvalue weighted by molar-refractivity contribution is 14.1. The molecule has 0 amide bonds. The van der Waals surface area contributed by atoms with E-state index in [-0.39, 0.29) is 6.61 Å². The zero-order chi connectivity index (χ0) is 14.7. The number of hydrogen-bond acceptors (Lipinski definition) is 5. The summed E-state index contributed by atoms with van der Waals surface area (Å²) < 4.78 is 11.9. The maximum absolute atomic E-state index is 5.93. The van der Waals surface area contributed by atoms with Crippen molar-refractivity contribution in [2.75, 3.05) is 5.73 Å². The average molecular weight is 393 g/mol. The summed E-state index contributed by atoms with van der Waals surface area (Å²) in [5.41, 5.74) is 7.28. The van der Waals surface area contributed by atoms with E-state index in [0.717, 1.165) is 14.9 Å². The lowest BCUT2D eigenvalue weighted by Gasteiger charge is -2.01. The molecule has 3 rings (SSSR count). The molecule has 0 radical (unpaired) electrons. The van der Waals surface area contributed by atoms with Crippen molar-refractivity contribution in [3.05, 3.63) is 57.9 Å². The van der Waals surface area contributed by atoms with Crippen LogP contribution in [-0.4, -0.2) is 10.1 Å². The summed E-state index contributed by atoms with van der Waals surface area (Å²) in [6, 6.07) is 15.1. The minimum Gasteiger partial charge on any atom is -0.485 e. The number of benzene rings is 2. The fourth-order valence-corrected chi connectivity index (χ4v) is 2.29. The Bertz CT molecular complexity index is 744. The number of aromatic nitrogens is 2. The predicted molar refractivity (Wildman–Crippen MR) is 87.6 cm³/mol. The van der Waals surface area contributed by atoms with Crippen LogP contribution in [0.25, 0.3) is 11.5 Å². The molecule has 0 atom stereocenters. The molecular weight excluding hydrogens is 381 g/mol. The SMILES string of the molecule is Nc1ccc(I)cc1-c1nc(COc2ccccc2)no1. The number of nitrogens with two attached hydrogens (primary N) is 1. The van der Waals surface area contributed by atoms with E-state index in [4.69, 9.17) is 15.0 Å². The first-order valence-electron chi connectivity index (χ1n) is 6.28. The van der Waals surface area contributed by atoms with Crippen LogP contribution in [0.3, 0.4) is 0 Å². The monoisotopic (exact) mass is 393 g/mol. The highest BCUT2D eigenvalue weighted by atomic mass is 127. The summed E-state index contributed by atoms with van der Waals surface area (Å²) >= 11 is 2.21. The maximum atomic E-state index is 5.93. The Kier molecular flexibility index (Phi) is 4.05. The minimum atomic E-state index is 0.247. The highest BCUT2D eigenvalue weighted by Crippen LogP contribution is 2.26. The second-order valence-electron chi connectivity index (χ2n) is 4.35. The first-order chi connectivity index (χ1) is 10.2. The summed E-state index contributed by atoms with van der Waals surface area (Å²) in [5.74, 6) is 1.64. The van der Waals surface area contributed by atoms with Gasteiger partial charge in [0.2, 0.25) is 5.82 Å². The quantitative estimate of drug-likeness (QED) is 0.543. The molecule has 0 bridgehead atoms. The van der Waals surface area contributed by atoms with Gasteiger partial charge in [-0.15, -0.1) is 0 Å². The lowest BCUT2D eigenvalue weighted by Crippen LogP contribution is -1.97. The Hall–Kier alpha value is -2.09. The molecule has 21 heavy (non-hydrogen) atoms. The van der Waals surface area contributed by atoms with E-state index in [0.29, 0.717) is 17.4 Å². The minimum absolute atomic E-state index is 0.247. The van der Waals surface area contributed by atoms with Gasteiger partial charge in [0.25, 0.3) is 5.89 Å². The van der Waals surface area contributed by atoms with Gasteiger partial charge in [-0.2, -0.15) is 4.98 Å². The lowest BCUT2D eigenvalue weighted by atomic mass is 10.2.